The van der Waals surface area contributed by atoms with Crippen molar-refractivity contribution in [1.29, 1.82) is 0 Å². The van der Waals surface area contributed by atoms with Crippen molar-refractivity contribution >= 4 is 7.74 Å². The van der Waals surface area contributed by atoms with E-state index in [2.05, 4.69) is 0 Å². The predicted molar refractivity (Wildman–Crippen MR) is 105 cm³/mol. The van der Waals surface area contributed by atoms with E-state index in [9.17, 15) is 17.6 Å². The Morgan fingerprint density at radius 3 is 0.970 bits per heavy atom. The third-order valence-corrected chi connectivity index (χ3v) is 16.4. The monoisotopic (exact) mass is 504 g/mol. The summed E-state index contributed by atoms with van der Waals surface area (Å²) in [6.45, 7) is 2.75. The van der Waals surface area contributed by atoms with E-state index < -0.39 is 78.3 Å². The molecule has 33 heavy (non-hydrogen) atoms. The average Bonchev–Trinajstić information content (AvgIpc) is 3.39. The van der Waals surface area contributed by atoms with Crippen molar-refractivity contribution in [3.8, 4) is 0 Å². The maximum absolute atomic E-state index is 15.5. The second kappa shape index (κ2) is 7.81. The molecule has 0 bridgehead atoms. The topological polar surface area (TPSA) is 0 Å². The Labute approximate surface area is 188 Å². The van der Waals surface area contributed by atoms with Gasteiger partial charge in [0.25, 0.3) is 0 Å². The molecule has 0 nitrogen and oxygen atoms in total. The Kier molecular flexibility index (Phi) is 5.61. The standard InChI is InChI=1S/2C6HF4.2C6H7.Ti/c2*7-3-1-4(8)6(10)2-5(3)9;2*1-6-4-2-3-5-6;/h2*1H;2*2-5H,1H3;. The van der Waals surface area contributed by atoms with Crippen LogP contribution in [0.1, 0.15) is 13.8 Å². The minimum atomic E-state index is -5.84. The van der Waals surface area contributed by atoms with E-state index >= 15 is 17.6 Å². The molecule has 0 fully saturated rings. The molecule has 2 aromatic carbocycles. The zero-order chi connectivity index (χ0) is 24.3. The van der Waals surface area contributed by atoms with Gasteiger partial charge in [0, 0.05) is 0 Å². The van der Waals surface area contributed by atoms with Crippen molar-refractivity contribution in [1.82, 2.24) is 0 Å². The zero-order valence-electron chi connectivity index (χ0n) is 17.3. The summed E-state index contributed by atoms with van der Waals surface area (Å²) in [4.78, 5) is 0. The van der Waals surface area contributed by atoms with E-state index in [1.165, 1.54) is 62.5 Å². The van der Waals surface area contributed by atoms with Crippen LogP contribution in [0, 0.1) is 46.5 Å². The van der Waals surface area contributed by atoms with E-state index in [1.807, 2.05) is 0 Å². The van der Waals surface area contributed by atoms with Crippen molar-refractivity contribution in [3.63, 3.8) is 0 Å². The van der Waals surface area contributed by atoms with Gasteiger partial charge in [-0.1, -0.05) is 0 Å². The molecule has 0 saturated heterocycles. The summed E-state index contributed by atoms with van der Waals surface area (Å²) in [6.07, 6.45) is 11.2. The number of benzene rings is 2. The second-order valence-electron chi connectivity index (χ2n) is 8.44. The summed E-state index contributed by atoms with van der Waals surface area (Å²) in [7, 11) is 0. The van der Waals surface area contributed by atoms with Gasteiger partial charge in [-0.3, -0.25) is 0 Å². The molecule has 0 heterocycles. The maximum atomic E-state index is 15.5. The molecule has 0 radical (unpaired) electrons. The minimum absolute atomic E-state index is 0.0225. The number of rotatable bonds is 4. The zero-order valence-corrected chi connectivity index (χ0v) is 18.9. The summed E-state index contributed by atoms with van der Waals surface area (Å²) in [5, 5.41) is 0. The second-order valence-corrected chi connectivity index (χ2v) is 15.7. The Hall–Kier alpha value is -2.45. The molecule has 0 atom stereocenters. The van der Waals surface area contributed by atoms with Gasteiger partial charge in [0.15, 0.2) is 0 Å². The summed E-state index contributed by atoms with van der Waals surface area (Å²) < 4.78 is 114. The van der Waals surface area contributed by atoms with Crippen molar-refractivity contribution in [3.05, 3.63) is 107 Å². The van der Waals surface area contributed by atoms with E-state index in [1.54, 1.807) is 0 Å². The molecule has 172 valence electrons. The SMILES string of the molecule is C[C]1([Ti]([c]2c(F)c(F)cc(F)c2F)([c]2c(F)c(F)cc(F)c2F)[C]2(C)C=CC=C2)C=CC=C1. The fourth-order valence-electron chi connectivity index (χ4n) is 5.22. The number of hydrogen-bond acceptors (Lipinski definition) is 0. The summed E-state index contributed by atoms with van der Waals surface area (Å²) in [5.41, 5.74) is 0. The molecule has 4 rings (SSSR count). The third-order valence-electron chi connectivity index (χ3n) is 6.58. The first-order valence-electron chi connectivity index (χ1n) is 9.82. The number of hydrogen-bond donors (Lipinski definition) is 0. The average molecular weight is 504 g/mol. The van der Waals surface area contributed by atoms with Crippen LogP contribution < -0.4 is 7.74 Å². The van der Waals surface area contributed by atoms with Crippen molar-refractivity contribution in [2.75, 3.05) is 0 Å². The Bertz CT molecular complexity index is 1110. The van der Waals surface area contributed by atoms with E-state index in [0.29, 0.717) is 0 Å². The third kappa shape index (κ3) is 3.07. The van der Waals surface area contributed by atoms with Crippen molar-refractivity contribution < 1.29 is 51.7 Å². The fourth-order valence-corrected chi connectivity index (χ4v) is 15.8. The van der Waals surface area contributed by atoms with Gasteiger partial charge in [-0.05, 0) is 0 Å². The van der Waals surface area contributed by atoms with E-state index in [0.717, 1.165) is 0 Å². The summed E-state index contributed by atoms with van der Waals surface area (Å²) in [6, 6.07) is -0.0449. The molecule has 0 amide bonds. The molecule has 0 spiro atoms. The van der Waals surface area contributed by atoms with Crippen molar-refractivity contribution in [2.24, 2.45) is 0 Å². The van der Waals surface area contributed by atoms with Crippen LogP contribution >= 0.6 is 0 Å². The molecule has 0 saturated carbocycles. The van der Waals surface area contributed by atoms with Crippen LogP contribution in [0.25, 0.3) is 0 Å². The van der Waals surface area contributed by atoms with Gasteiger partial charge in [-0.25, -0.2) is 0 Å². The molecule has 0 aliphatic heterocycles. The number of allylic oxidation sites excluding steroid dienone is 8. The van der Waals surface area contributed by atoms with E-state index in [4.69, 9.17) is 0 Å². The Balaban J connectivity index is 2.38. The molecule has 2 aromatic rings. The first kappa shape index (κ1) is 23.7. The van der Waals surface area contributed by atoms with Gasteiger partial charge in [-0.15, -0.1) is 0 Å². The van der Waals surface area contributed by atoms with Crippen LogP contribution in [-0.2, 0) is 16.6 Å². The molecule has 9 heteroatoms. The summed E-state index contributed by atoms with van der Waals surface area (Å²) in [5.74, 6) is -14.6. The van der Waals surface area contributed by atoms with Gasteiger partial charge in [-0.2, -0.15) is 0 Å². The van der Waals surface area contributed by atoms with Gasteiger partial charge in [0.1, 0.15) is 0 Å². The molecular weight excluding hydrogens is 488 g/mol. The predicted octanol–water partition coefficient (Wildman–Crippen LogP) is 6.51. The first-order valence-corrected chi connectivity index (χ1v) is 12.9. The van der Waals surface area contributed by atoms with Crippen LogP contribution in [0.15, 0.2) is 60.7 Å². The molecule has 2 aliphatic carbocycles. The molecular formula is C24H16F8Ti. The molecule has 0 aromatic heterocycles. The van der Waals surface area contributed by atoms with Crippen molar-refractivity contribution in [2.45, 2.75) is 21.3 Å². The van der Waals surface area contributed by atoms with Gasteiger partial charge < -0.3 is 0 Å². The van der Waals surface area contributed by atoms with Gasteiger partial charge >= 0.3 is 188 Å². The van der Waals surface area contributed by atoms with E-state index in [-0.39, 0.29) is 12.1 Å². The van der Waals surface area contributed by atoms with Crippen LogP contribution in [0.5, 0.6) is 0 Å². The van der Waals surface area contributed by atoms with Crippen LogP contribution in [-0.4, -0.2) is 0 Å². The first-order chi connectivity index (χ1) is 15.4. The quantitative estimate of drug-likeness (QED) is 0.253. The Morgan fingerprint density at radius 1 is 0.485 bits per heavy atom. The molecule has 0 N–H and O–H groups in total. The summed E-state index contributed by atoms with van der Waals surface area (Å²) >= 11 is -5.84. The fraction of sp³-hybridized carbons (Fsp3) is 0.167. The van der Waals surface area contributed by atoms with Crippen LogP contribution in [0.4, 0.5) is 35.1 Å². The number of halogens is 8. The molecule has 0 unspecified atom stereocenters. The normalized spacial score (nSPS) is 18.0. The molecule has 2 aliphatic rings. The van der Waals surface area contributed by atoms with Crippen LogP contribution in [0.2, 0.25) is 7.44 Å². The van der Waals surface area contributed by atoms with Crippen LogP contribution in [0.3, 0.4) is 0 Å². The Morgan fingerprint density at radius 2 is 0.727 bits per heavy atom. The van der Waals surface area contributed by atoms with Gasteiger partial charge in [0.2, 0.25) is 0 Å². The van der Waals surface area contributed by atoms with Gasteiger partial charge in [0.05, 0.1) is 0 Å².